The zero-order valence-corrected chi connectivity index (χ0v) is 11.0. The van der Waals surface area contributed by atoms with Crippen molar-refractivity contribution in [1.29, 1.82) is 0 Å². The normalized spacial score (nSPS) is 22.6. The maximum atomic E-state index is 11.7. The summed E-state index contributed by atoms with van der Waals surface area (Å²) in [7, 11) is 0. The van der Waals surface area contributed by atoms with Crippen molar-refractivity contribution < 1.29 is 14.6 Å². The highest BCUT2D eigenvalue weighted by Crippen LogP contribution is 2.32. The van der Waals surface area contributed by atoms with E-state index in [9.17, 15) is 9.90 Å². The molecule has 2 atom stereocenters. The van der Waals surface area contributed by atoms with E-state index < -0.39 is 18.4 Å². The van der Waals surface area contributed by atoms with Gasteiger partial charge in [0.25, 0.3) is 0 Å². The summed E-state index contributed by atoms with van der Waals surface area (Å²) in [6, 6.07) is 9.30. The number of nitrogens with zero attached hydrogens (tertiary/aromatic N) is 2. The minimum Gasteiger partial charge on any atom is -0.417 e. The second-order valence-electron chi connectivity index (χ2n) is 4.27. The number of thiazole rings is 1. The lowest BCUT2D eigenvalue weighted by atomic mass is 10.2. The predicted octanol–water partition coefficient (Wildman–Crippen LogP) is 2.47. The highest BCUT2D eigenvalue weighted by atomic mass is 32.1. The molecule has 1 aliphatic rings. The van der Waals surface area contributed by atoms with Crippen molar-refractivity contribution in [3.8, 4) is 11.3 Å². The number of ether oxygens (including phenoxy) is 1. The number of anilines is 1. The van der Waals surface area contributed by atoms with Crippen molar-refractivity contribution in [2.24, 2.45) is 0 Å². The lowest BCUT2D eigenvalue weighted by molar-refractivity contribution is -0.0312. The Labute approximate surface area is 114 Å². The molecule has 1 amide bonds. The van der Waals surface area contributed by atoms with E-state index in [-0.39, 0.29) is 0 Å². The van der Waals surface area contributed by atoms with Crippen molar-refractivity contribution in [2.75, 3.05) is 4.90 Å². The topological polar surface area (TPSA) is 62.7 Å². The summed E-state index contributed by atoms with van der Waals surface area (Å²) < 4.78 is 4.76. The lowest BCUT2D eigenvalue weighted by Crippen LogP contribution is -2.33. The first-order valence-electron chi connectivity index (χ1n) is 5.85. The van der Waals surface area contributed by atoms with E-state index in [0.717, 1.165) is 11.3 Å². The first-order chi connectivity index (χ1) is 9.16. The van der Waals surface area contributed by atoms with Crippen molar-refractivity contribution in [3.05, 3.63) is 35.7 Å². The minimum atomic E-state index is -1.10. The smallest absolute Gasteiger partial charge is 0.417 e. The lowest BCUT2D eigenvalue weighted by Gasteiger charge is -2.14. The Morgan fingerprint density at radius 1 is 1.37 bits per heavy atom. The molecule has 0 saturated carbocycles. The standard InChI is InChI=1S/C13H12N2O3S/c1-8-11(16)18-13(17)15(8)12-14-10(7-19-12)9-5-3-2-4-6-9/h2-8,11,16H,1H3/t8?,11-/m1/s1. The third kappa shape index (κ3) is 2.09. The molecule has 1 aromatic heterocycles. The SMILES string of the molecule is CC1[C@H](O)OC(=O)N1c1nc(-c2ccccc2)cs1. The highest BCUT2D eigenvalue weighted by Gasteiger charge is 2.40. The fourth-order valence-corrected chi connectivity index (χ4v) is 2.83. The van der Waals surface area contributed by atoms with Gasteiger partial charge in [-0.15, -0.1) is 11.3 Å². The molecule has 1 fully saturated rings. The molecule has 0 bridgehead atoms. The molecule has 0 radical (unpaired) electrons. The van der Waals surface area contributed by atoms with Crippen LogP contribution in [0, 0.1) is 0 Å². The number of benzene rings is 1. The van der Waals surface area contributed by atoms with E-state index >= 15 is 0 Å². The van der Waals surface area contributed by atoms with Gasteiger partial charge in [-0.2, -0.15) is 0 Å². The van der Waals surface area contributed by atoms with E-state index in [0.29, 0.717) is 5.13 Å². The molecule has 0 spiro atoms. The molecule has 1 saturated heterocycles. The molecular weight excluding hydrogens is 264 g/mol. The molecular formula is C13H12N2O3S. The number of rotatable bonds is 2. The van der Waals surface area contributed by atoms with Crippen LogP contribution in [0.4, 0.5) is 9.93 Å². The number of aromatic nitrogens is 1. The van der Waals surface area contributed by atoms with Crippen LogP contribution >= 0.6 is 11.3 Å². The molecule has 0 aliphatic carbocycles. The highest BCUT2D eigenvalue weighted by molar-refractivity contribution is 7.14. The van der Waals surface area contributed by atoms with Gasteiger partial charge < -0.3 is 9.84 Å². The van der Waals surface area contributed by atoms with Crippen molar-refractivity contribution in [3.63, 3.8) is 0 Å². The van der Waals surface area contributed by atoms with Crippen molar-refractivity contribution in [1.82, 2.24) is 4.98 Å². The van der Waals surface area contributed by atoms with Gasteiger partial charge >= 0.3 is 6.09 Å². The van der Waals surface area contributed by atoms with Crippen LogP contribution in [0.1, 0.15) is 6.92 Å². The number of carbonyl (C=O) groups excluding carboxylic acids is 1. The van der Waals surface area contributed by atoms with Crippen LogP contribution in [0.25, 0.3) is 11.3 Å². The molecule has 1 unspecified atom stereocenters. The number of aliphatic hydroxyl groups excluding tert-OH is 1. The van der Waals surface area contributed by atoms with Crippen LogP contribution in [0.3, 0.4) is 0 Å². The second kappa shape index (κ2) is 4.64. The summed E-state index contributed by atoms with van der Waals surface area (Å²) in [5.41, 5.74) is 1.80. The maximum absolute atomic E-state index is 11.7. The van der Waals surface area contributed by atoms with Gasteiger partial charge in [0.2, 0.25) is 6.29 Å². The molecule has 6 heteroatoms. The minimum absolute atomic E-state index is 0.428. The van der Waals surface area contributed by atoms with Crippen LogP contribution in [-0.4, -0.2) is 28.5 Å². The average molecular weight is 276 g/mol. The van der Waals surface area contributed by atoms with Crippen molar-refractivity contribution in [2.45, 2.75) is 19.3 Å². The van der Waals surface area contributed by atoms with E-state index in [1.807, 2.05) is 35.7 Å². The summed E-state index contributed by atoms with van der Waals surface area (Å²) in [6.07, 6.45) is -1.66. The molecule has 1 aliphatic heterocycles. The number of cyclic esters (lactones) is 1. The third-order valence-electron chi connectivity index (χ3n) is 3.01. The molecule has 5 nitrogen and oxygen atoms in total. The molecule has 19 heavy (non-hydrogen) atoms. The molecule has 1 N–H and O–H groups in total. The van der Waals surface area contributed by atoms with Crippen LogP contribution in [0.5, 0.6) is 0 Å². The zero-order chi connectivity index (χ0) is 13.4. The average Bonchev–Trinajstić information content (AvgIpc) is 2.97. The van der Waals surface area contributed by atoms with Gasteiger partial charge in [0.1, 0.15) is 6.04 Å². The summed E-state index contributed by atoms with van der Waals surface area (Å²) >= 11 is 1.35. The molecule has 3 rings (SSSR count). The summed E-state index contributed by atoms with van der Waals surface area (Å²) in [5, 5.41) is 11.9. The zero-order valence-electron chi connectivity index (χ0n) is 10.2. The Bertz CT molecular complexity index is 599. The van der Waals surface area contributed by atoms with E-state index in [1.54, 1.807) is 6.92 Å². The Morgan fingerprint density at radius 2 is 2.11 bits per heavy atom. The van der Waals surface area contributed by atoms with Crippen LogP contribution < -0.4 is 4.90 Å². The van der Waals surface area contributed by atoms with Crippen LogP contribution in [0.15, 0.2) is 35.7 Å². The van der Waals surface area contributed by atoms with Gasteiger partial charge in [-0.1, -0.05) is 30.3 Å². The van der Waals surface area contributed by atoms with Crippen LogP contribution in [-0.2, 0) is 4.74 Å². The molecule has 98 valence electrons. The first kappa shape index (κ1) is 12.1. The maximum Gasteiger partial charge on any atom is 0.418 e. The van der Waals surface area contributed by atoms with Crippen molar-refractivity contribution >= 4 is 22.6 Å². The van der Waals surface area contributed by atoms with E-state index in [2.05, 4.69) is 4.98 Å². The van der Waals surface area contributed by atoms with Gasteiger partial charge in [0.05, 0.1) is 5.69 Å². The van der Waals surface area contributed by atoms with Gasteiger partial charge in [-0.25, -0.2) is 14.7 Å². The van der Waals surface area contributed by atoms with Gasteiger partial charge in [-0.3, -0.25) is 0 Å². The van der Waals surface area contributed by atoms with Gasteiger partial charge in [-0.05, 0) is 6.92 Å². The second-order valence-corrected chi connectivity index (χ2v) is 5.10. The fourth-order valence-electron chi connectivity index (χ4n) is 1.92. The molecule has 2 heterocycles. The Balaban J connectivity index is 1.92. The number of hydrogen-bond donors (Lipinski definition) is 1. The number of carbonyl (C=O) groups is 1. The predicted molar refractivity (Wildman–Crippen MR) is 72.0 cm³/mol. The number of aliphatic hydroxyl groups is 1. The summed E-state index contributed by atoms with van der Waals surface area (Å²) in [5.74, 6) is 0. The van der Waals surface area contributed by atoms with Crippen LogP contribution in [0.2, 0.25) is 0 Å². The Hall–Kier alpha value is -1.92. The molecule has 2 aromatic rings. The quantitative estimate of drug-likeness (QED) is 0.915. The number of amides is 1. The Kier molecular flexibility index (Phi) is 2.96. The van der Waals surface area contributed by atoms with E-state index in [1.165, 1.54) is 16.2 Å². The third-order valence-corrected chi connectivity index (χ3v) is 3.85. The summed E-state index contributed by atoms with van der Waals surface area (Å²) in [4.78, 5) is 17.5. The summed E-state index contributed by atoms with van der Waals surface area (Å²) in [6.45, 7) is 1.72. The van der Waals surface area contributed by atoms with E-state index in [4.69, 9.17) is 4.74 Å². The monoisotopic (exact) mass is 276 g/mol. The number of hydrogen-bond acceptors (Lipinski definition) is 5. The Morgan fingerprint density at radius 3 is 2.74 bits per heavy atom. The van der Waals surface area contributed by atoms with Gasteiger partial charge in [0, 0.05) is 10.9 Å². The van der Waals surface area contributed by atoms with Gasteiger partial charge in [0.15, 0.2) is 5.13 Å². The fraction of sp³-hybridized carbons (Fsp3) is 0.231. The first-order valence-corrected chi connectivity index (χ1v) is 6.73. The molecule has 1 aromatic carbocycles. The largest absolute Gasteiger partial charge is 0.418 e.